The first-order valence-corrected chi connectivity index (χ1v) is 35.2. The lowest BCUT2D eigenvalue weighted by Gasteiger charge is -2.34. The van der Waals surface area contributed by atoms with Gasteiger partial charge in [-0.3, -0.25) is 82.3 Å². The summed E-state index contributed by atoms with van der Waals surface area (Å²) in [4.78, 5) is 146. The molecular weight excluding hydrogens is 1400 g/mol. The van der Waals surface area contributed by atoms with Crippen molar-refractivity contribution < 1.29 is 76.8 Å². The van der Waals surface area contributed by atoms with Gasteiger partial charge in [-0.05, 0) is 110 Å². The minimum atomic E-state index is -3.13. The van der Waals surface area contributed by atoms with Crippen LogP contribution < -0.4 is 20.7 Å². The standard InChI is InChI=1S/C66H92F2IN13O14S/c1-46(70)54-38-66(67,68)45-82(54)60(87)40-74-64(94)51-18-20-71-53-17-16-49(36-52(51)53)96-35-7-21-75-31-33-80(34-32-75)58(85)11-6-22-81-59(86)37-55(65(81)95)97-50(9-3-2-4-19-72-56(83)10-5-8-47-12-14-48(69)15-13-47)39-73-57(84)41-76-23-25-77(42-61(88)89)27-29-79(44-63(92)93)30-28-78(26-24-76)43-62(90)91/h12-18,20,36,50,54-55,70H,2-11,19,21-35,37-45H2,1H3,(H,72,83)(H,73,84)(H,74,94)(H,88,89)(H,90,91)(H,92,93)/t50?,54-,55?/m1/s1. The van der Waals surface area contributed by atoms with E-state index in [1.165, 1.54) is 41.4 Å². The first-order valence-electron chi connectivity index (χ1n) is 33.2. The van der Waals surface area contributed by atoms with Crippen molar-refractivity contribution in [3.63, 3.8) is 0 Å². The molecule has 7 N–H and O–H groups in total. The Morgan fingerprint density at radius 1 is 0.701 bits per heavy atom. The number of unbranched alkanes of at least 4 members (excludes halogenated alkanes) is 2. The topological polar surface area (TPSA) is 339 Å². The predicted molar refractivity (Wildman–Crippen MR) is 367 cm³/mol. The third kappa shape index (κ3) is 26.3. The molecule has 31 heteroatoms. The van der Waals surface area contributed by atoms with Gasteiger partial charge < -0.3 is 51.2 Å². The molecule has 532 valence electrons. The number of carbonyl (C=O) groups excluding carboxylic acids is 7. The molecule has 0 saturated carbocycles. The van der Waals surface area contributed by atoms with Gasteiger partial charge in [0.1, 0.15) is 5.75 Å². The normalized spacial score (nSPS) is 19.1. The van der Waals surface area contributed by atoms with Crippen LogP contribution in [0.2, 0.25) is 0 Å². The summed E-state index contributed by atoms with van der Waals surface area (Å²) >= 11 is 3.59. The number of alkyl halides is 2. The molecule has 4 saturated heterocycles. The molecule has 2 aromatic carbocycles. The number of rotatable bonds is 35. The molecule has 3 atom stereocenters. The van der Waals surface area contributed by atoms with Crippen LogP contribution in [0.4, 0.5) is 8.78 Å². The fourth-order valence-corrected chi connectivity index (χ4v) is 14.1. The van der Waals surface area contributed by atoms with Gasteiger partial charge in [0.15, 0.2) is 0 Å². The van der Waals surface area contributed by atoms with Crippen molar-refractivity contribution in [2.24, 2.45) is 0 Å². The number of thioether (sulfide) groups is 1. The number of hydrogen-bond donors (Lipinski definition) is 7. The Morgan fingerprint density at radius 2 is 1.32 bits per heavy atom. The van der Waals surface area contributed by atoms with E-state index in [4.69, 9.17) is 10.1 Å². The summed E-state index contributed by atoms with van der Waals surface area (Å²) < 4.78 is 35.5. The lowest BCUT2D eigenvalue weighted by molar-refractivity contribution is -0.140. The third-order valence-corrected chi connectivity index (χ3v) is 19.8. The van der Waals surface area contributed by atoms with Crippen molar-refractivity contribution >= 4 is 110 Å². The molecule has 0 bridgehead atoms. The average molecular weight is 1490 g/mol. The minimum Gasteiger partial charge on any atom is -0.494 e. The van der Waals surface area contributed by atoms with Crippen LogP contribution in [-0.4, -0.2) is 298 Å². The van der Waals surface area contributed by atoms with Crippen LogP contribution in [0.5, 0.6) is 5.75 Å². The Hall–Kier alpha value is -7.04. The summed E-state index contributed by atoms with van der Waals surface area (Å²) in [5, 5.41) is 44.8. The van der Waals surface area contributed by atoms with Crippen LogP contribution in [0.3, 0.4) is 0 Å². The minimum absolute atomic E-state index is 0.0212. The Labute approximate surface area is 581 Å². The largest absolute Gasteiger partial charge is 0.494 e. The van der Waals surface area contributed by atoms with Crippen LogP contribution in [-0.2, 0) is 49.6 Å². The number of fused-ring (bicyclic) bond motifs is 1. The molecule has 7 rings (SSSR count). The Bertz CT molecular complexity index is 3190. The number of carboxylic acid groups (broad SMARTS) is 3. The second kappa shape index (κ2) is 38.9. The van der Waals surface area contributed by atoms with Crippen molar-refractivity contribution in [3.05, 3.63) is 69.4 Å². The van der Waals surface area contributed by atoms with E-state index in [1.807, 2.05) is 17.0 Å². The zero-order chi connectivity index (χ0) is 70.0. The van der Waals surface area contributed by atoms with Gasteiger partial charge in [-0.25, -0.2) is 8.78 Å². The summed E-state index contributed by atoms with van der Waals surface area (Å²) in [7, 11) is 0. The lowest BCUT2D eigenvalue weighted by atomic mass is 10.1. The van der Waals surface area contributed by atoms with Crippen LogP contribution in [0.15, 0.2) is 54.7 Å². The first-order chi connectivity index (χ1) is 46.4. The van der Waals surface area contributed by atoms with E-state index < -0.39 is 66.4 Å². The quantitative estimate of drug-likeness (QED) is 0.0193. The highest BCUT2D eigenvalue weighted by Crippen LogP contribution is 2.34. The molecular formula is C66H92F2IN13O14S. The van der Waals surface area contributed by atoms with Crippen LogP contribution in [0.1, 0.15) is 93.5 Å². The summed E-state index contributed by atoms with van der Waals surface area (Å²) in [6.45, 7) is 4.89. The number of aromatic nitrogens is 1. The second-order valence-electron chi connectivity index (χ2n) is 25.1. The summed E-state index contributed by atoms with van der Waals surface area (Å²) in [6.07, 6.45) is 6.50. The van der Waals surface area contributed by atoms with Crippen molar-refractivity contribution in [2.45, 2.75) is 106 Å². The van der Waals surface area contributed by atoms with E-state index in [2.05, 4.69) is 60.6 Å². The highest BCUT2D eigenvalue weighted by atomic mass is 127. The molecule has 3 aromatic rings. The molecule has 97 heavy (non-hydrogen) atoms. The van der Waals surface area contributed by atoms with E-state index in [-0.39, 0.29) is 157 Å². The highest BCUT2D eigenvalue weighted by molar-refractivity contribution is 14.1. The molecule has 0 aliphatic carbocycles. The number of ether oxygens (including phenoxy) is 1. The van der Waals surface area contributed by atoms with Crippen molar-refractivity contribution in [1.29, 1.82) is 5.41 Å². The van der Waals surface area contributed by atoms with Crippen molar-refractivity contribution in [1.82, 2.24) is 60.1 Å². The van der Waals surface area contributed by atoms with E-state index in [0.717, 1.165) is 27.7 Å². The number of hydrogen-bond acceptors (Lipinski definition) is 19. The predicted octanol–water partition coefficient (Wildman–Crippen LogP) is 3.06. The maximum absolute atomic E-state index is 14.2. The Kier molecular flexibility index (Phi) is 31.0. The Morgan fingerprint density at radius 3 is 1.94 bits per heavy atom. The lowest BCUT2D eigenvalue weighted by Crippen LogP contribution is -2.50. The van der Waals surface area contributed by atoms with Gasteiger partial charge >= 0.3 is 17.9 Å². The van der Waals surface area contributed by atoms with Gasteiger partial charge in [0.05, 0.1) is 68.2 Å². The fraction of sp³-hybridized carbons (Fsp3) is 0.606. The van der Waals surface area contributed by atoms with Gasteiger partial charge in [-0.1, -0.05) is 25.0 Å². The molecule has 5 heterocycles. The van der Waals surface area contributed by atoms with Gasteiger partial charge in [-0.15, -0.1) is 11.8 Å². The SMILES string of the molecule is CC(=N)[C@H]1CC(F)(F)CN1C(=O)CNC(=O)c1ccnc2ccc(OCCCN3CCN(C(=O)CCCN4C(=O)CC(SC(CCCCCNC(=O)CCCc5ccc(I)cc5)CNC(=O)CN5CCN(CC(=O)O)CCN(CC(=O)O)CCN(CC(=O)O)CC5)C4=O)CC3)cc12. The zero-order valence-corrected chi connectivity index (χ0v) is 58.1. The molecule has 2 unspecified atom stereocenters. The van der Waals surface area contributed by atoms with E-state index in [9.17, 15) is 72.0 Å². The monoisotopic (exact) mass is 1490 g/mol. The van der Waals surface area contributed by atoms with Gasteiger partial charge in [0.25, 0.3) is 11.8 Å². The van der Waals surface area contributed by atoms with Crippen LogP contribution in [0, 0.1) is 8.98 Å². The number of imide groups is 1. The number of amides is 7. The molecule has 1 aromatic heterocycles. The number of aliphatic carboxylic acids is 3. The summed E-state index contributed by atoms with van der Waals surface area (Å²) in [6, 6.07) is 13.8. The zero-order valence-electron chi connectivity index (χ0n) is 55.1. The molecule has 0 spiro atoms. The maximum atomic E-state index is 14.2. The van der Waals surface area contributed by atoms with Crippen molar-refractivity contribution in [3.8, 4) is 5.75 Å². The molecule has 4 fully saturated rings. The first kappa shape index (κ1) is 77.3. The maximum Gasteiger partial charge on any atom is 0.317 e. The van der Waals surface area contributed by atoms with Crippen LogP contribution >= 0.6 is 34.4 Å². The van der Waals surface area contributed by atoms with E-state index >= 15 is 0 Å². The highest BCUT2D eigenvalue weighted by Gasteiger charge is 2.48. The number of carboxylic acids is 3. The van der Waals surface area contributed by atoms with Crippen molar-refractivity contribution in [2.75, 3.05) is 151 Å². The molecule has 0 radical (unpaired) electrons. The number of aryl methyl sites for hydroxylation is 1. The smallest absolute Gasteiger partial charge is 0.317 e. The number of nitrogens with one attached hydrogen (secondary N) is 4. The number of likely N-dealkylation sites (tertiary alicyclic amines) is 2. The summed E-state index contributed by atoms with van der Waals surface area (Å²) in [5.74, 6) is -8.30. The molecule has 27 nitrogen and oxygen atoms in total. The molecule has 4 aliphatic heterocycles. The van der Waals surface area contributed by atoms with Gasteiger partial charge in [-0.2, -0.15) is 0 Å². The van der Waals surface area contributed by atoms with E-state index in [0.29, 0.717) is 94.6 Å². The molecule has 4 aliphatic rings. The average Bonchev–Trinajstić information content (AvgIpc) is 1.49. The third-order valence-electron chi connectivity index (χ3n) is 17.6. The molecule has 7 amide bonds. The number of benzene rings is 2. The second-order valence-corrected chi connectivity index (χ2v) is 27.9. The van der Waals surface area contributed by atoms with Gasteiger partial charge in [0.2, 0.25) is 35.4 Å². The number of halogens is 3. The number of nitrogens with zero attached hydrogens (tertiary/aromatic N) is 9. The number of piperazine rings is 1. The number of carbonyl (C=O) groups is 10. The van der Waals surface area contributed by atoms with Gasteiger partial charge in [0, 0.05) is 157 Å². The Balaban J connectivity index is 0.853. The summed E-state index contributed by atoms with van der Waals surface area (Å²) in [5.41, 5.74) is 1.84. The fourth-order valence-electron chi connectivity index (χ4n) is 12.3. The number of pyridine rings is 1. The van der Waals surface area contributed by atoms with Crippen LogP contribution in [0.25, 0.3) is 10.9 Å². The van der Waals surface area contributed by atoms with E-state index in [1.54, 1.807) is 37.8 Å².